The minimum absolute atomic E-state index is 0.0478. The fraction of sp³-hybridized carbons (Fsp3) is 0.375. The number of halogens is 3. The number of hydrogen-bond donors (Lipinski definition) is 4. The Kier molecular flexibility index (Phi) is 6.80. The molecule has 37 heavy (non-hydrogen) atoms. The molecule has 1 unspecified atom stereocenters. The molecule has 0 aromatic carbocycles. The van der Waals surface area contributed by atoms with E-state index >= 15 is 0 Å². The molecular weight excluding hydrogens is 489 g/mol. The number of amides is 1. The molecule has 0 aliphatic rings. The monoisotopic (exact) mass is 516 g/mol. The minimum Gasteiger partial charge on any atom is -0.453 e. The predicted octanol–water partition coefficient (Wildman–Crippen LogP) is 4.88. The van der Waals surface area contributed by atoms with Crippen LogP contribution >= 0.6 is 0 Å². The summed E-state index contributed by atoms with van der Waals surface area (Å²) < 4.78 is 45.2. The summed E-state index contributed by atoms with van der Waals surface area (Å²) in [6.07, 6.45) is -1.14. The third kappa shape index (κ3) is 5.65. The van der Waals surface area contributed by atoms with E-state index in [0.29, 0.717) is 41.0 Å². The average Bonchev–Trinajstić information content (AvgIpc) is 3.47. The molecule has 4 aromatic rings. The lowest BCUT2D eigenvalue weighted by Crippen LogP contribution is -2.37. The van der Waals surface area contributed by atoms with Crippen molar-refractivity contribution < 1.29 is 22.7 Å². The molecule has 13 heteroatoms. The molecule has 4 heterocycles. The highest BCUT2D eigenvalue weighted by Gasteiger charge is 2.34. The Labute approximate surface area is 210 Å². The summed E-state index contributed by atoms with van der Waals surface area (Å²) in [5.41, 5.74) is 0.775. The van der Waals surface area contributed by atoms with Gasteiger partial charge in [0.1, 0.15) is 11.5 Å². The Bertz CT molecular complexity index is 1420. The van der Waals surface area contributed by atoms with Crippen molar-refractivity contribution in [2.45, 2.75) is 45.3 Å². The van der Waals surface area contributed by atoms with E-state index in [0.717, 1.165) is 6.20 Å². The number of imidazole rings is 1. The highest BCUT2D eigenvalue weighted by molar-refractivity contribution is 5.87. The van der Waals surface area contributed by atoms with Crippen LogP contribution in [0.3, 0.4) is 0 Å². The zero-order valence-electron chi connectivity index (χ0n) is 20.9. The SMILES string of the molecule is COC(=O)NC(C)CNc1nccc(-c2[nH]c(C(C)(C)C)nc2-c2cnc3[nH]cc(C(F)(F)F)c3c2)n1. The molecule has 4 rings (SSSR count). The fourth-order valence-electron chi connectivity index (χ4n) is 3.63. The highest BCUT2D eigenvalue weighted by Crippen LogP contribution is 2.38. The van der Waals surface area contributed by atoms with E-state index < -0.39 is 17.8 Å². The van der Waals surface area contributed by atoms with E-state index in [4.69, 9.17) is 4.98 Å². The van der Waals surface area contributed by atoms with Crippen molar-refractivity contribution in [1.82, 2.24) is 35.2 Å². The molecule has 1 amide bonds. The molecule has 196 valence electrons. The summed E-state index contributed by atoms with van der Waals surface area (Å²) >= 11 is 0. The number of hydrogen-bond acceptors (Lipinski definition) is 7. The molecule has 0 aliphatic carbocycles. The number of nitrogens with one attached hydrogen (secondary N) is 4. The number of pyridine rings is 1. The van der Waals surface area contributed by atoms with Crippen LogP contribution < -0.4 is 10.6 Å². The van der Waals surface area contributed by atoms with Crippen molar-refractivity contribution in [2.75, 3.05) is 19.0 Å². The first kappa shape index (κ1) is 25.9. The molecule has 10 nitrogen and oxygen atoms in total. The lowest BCUT2D eigenvalue weighted by molar-refractivity contribution is -0.136. The Balaban J connectivity index is 1.73. The quantitative estimate of drug-likeness (QED) is 0.287. The van der Waals surface area contributed by atoms with Crippen LogP contribution in [0.4, 0.5) is 23.9 Å². The Morgan fingerprint density at radius 3 is 2.62 bits per heavy atom. The van der Waals surface area contributed by atoms with Gasteiger partial charge in [0.2, 0.25) is 5.95 Å². The maximum Gasteiger partial charge on any atom is 0.418 e. The second-order valence-corrected chi connectivity index (χ2v) is 9.56. The van der Waals surface area contributed by atoms with Gasteiger partial charge in [0.05, 0.1) is 29.8 Å². The maximum atomic E-state index is 13.5. The molecule has 0 radical (unpaired) electrons. The van der Waals surface area contributed by atoms with E-state index in [1.807, 2.05) is 20.8 Å². The molecule has 0 spiro atoms. The van der Waals surface area contributed by atoms with Gasteiger partial charge in [-0.3, -0.25) is 0 Å². The molecule has 0 saturated carbocycles. The molecule has 0 fully saturated rings. The number of carbonyl (C=O) groups is 1. The van der Waals surface area contributed by atoms with Crippen LogP contribution in [-0.4, -0.2) is 55.7 Å². The van der Waals surface area contributed by atoms with Crippen molar-refractivity contribution in [3.8, 4) is 22.6 Å². The third-order valence-electron chi connectivity index (χ3n) is 5.55. The number of ether oxygens (including phenoxy) is 1. The lowest BCUT2D eigenvalue weighted by Gasteiger charge is -2.14. The van der Waals surface area contributed by atoms with Crippen LogP contribution in [0.15, 0.2) is 30.7 Å². The van der Waals surface area contributed by atoms with Gasteiger partial charge < -0.3 is 25.3 Å². The summed E-state index contributed by atoms with van der Waals surface area (Å²) in [5.74, 6) is 0.930. The van der Waals surface area contributed by atoms with Gasteiger partial charge in [-0.1, -0.05) is 20.8 Å². The first-order chi connectivity index (χ1) is 17.4. The van der Waals surface area contributed by atoms with Crippen molar-refractivity contribution in [3.63, 3.8) is 0 Å². The Morgan fingerprint density at radius 1 is 1.19 bits per heavy atom. The van der Waals surface area contributed by atoms with E-state index in [1.54, 1.807) is 19.2 Å². The summed E-state index contributed by atoms with van der Waals surface area (Å²) in [6.45, 7) is 8.03. The molecule has 0 bridgehead atoms. The number of alkyl carbamates (subject to hydrolysis) is 1. The molecule has 4 aromatic heterocycles. The number of alkyl halides is 3. The van der Waals surface area contributed by atoms with Gasteiger partial charge in [0, 0.05) is 47.5 Å². The van der Waals surface area contributed by atoms with E-state index in [1.165, 1.54) is 19.4 Å². The summed E-state index contributed by atoms with van der Waals surface area (Å²) in [6, 6.07) is 2.83. The second kappa shape index (κ2) is 9.71. The standard InChI is InChI=1S/C24H27F3N8O2/c1-12(32-22(36)37-5)9-31-21-28-7-6-16(33-21)18-17(34-20(35-18)23(2,3)4)13-8-14-15(24(25,26)27)11-30-19(14)29-10-13/h6-8,10-12H,9H2,1-5H3,(H,29,30)(H,32,36)(H,34,35)(H,28,31,33). The largest absolute Gasteiger partial charge is 0.453 e. The Morgan fingerprint density at radius 2 is 1.95 bits per heavy atom. The van der Waals surface area contributed by atoms with Crippen molar-refractivity contribution >= 4 is 23.1 Å². The second-order valence-electron chi connectivity index (χ2n) is 9.56. The van der Waals surface area contributed by atoms with E-state index in [2.05, 4.69) is 40.3 Å². The summed E-state index contributed by atoms with van der Waals surface area (Å²) in [5, 5.41) is 5.65. The predicted molar refractivity (Wildman–Crippen MR) is 132 cm³/mol. The lowest BCUT2D eigenvalue weighted by atomic mass is 9.96. The number of aromatic amines is 2. The first-order valence-corrected chi connectivity index (χ1v) is 11.4. The van der Waals surface area contributed by atoms with Gasteiger partial charge in [-0.15, -0.1) is 0 Å². The fourth-order valence-corrected chi connectivity index (χ4v) is 3.63. The number of H-pyrrole nitrogens is 2. The number of carbonyl (C=O) groups excluding carboxylic acids is 1. The summed E-state index contributed by atoms with van der Waals surface area (Å²) in [4.78, 5) is 35.0. The highest BCUT2D eigenvalue weighted by atomic mass is 19.4. The van der Waals surface area contributed by atoms with Crippen LogP contribution in [0.2, 0.25) is 0 Å². The van der Waals surface area contributed by atoms with Crippen molar-refractivity contribution in [2.24, 2.45) is 0 Å². The van der Waals surface area contributed by atoms with E-state index in [9.17, 15) is 18.0 Å². The average molecular weight is 517 g/mol. The van der Waals surface area contributed by atoms with Gasteiger partial charge >= 0.3 is 12.3 Å². The van der Waals surface area contributed by atoms with Gasteiger partial charge in [0.25, 0.3) is 0 Å². The molecular formula is C24H27F3N8O2. The van der Waals surface area contributed by atoms with Gasteiger partial charge in [-0.25, -0.2) is 24.7 Å². The molecule has 0 aliphatic heterocycles. The number of fused-ring (bicyclic) bond motifs is 1. The summed E-state index contributed by atoms with van der Waals surface area (Å²) in [7, 11) is 1.28. The number of methoxy groups -OCH3 is 1. The van der Waals surface area contributed by atoms with Crippen molar-refractivity contribution in [3.05, 3.63) is 42.1 Å². The smallest absolute Gasteiger partial charge is 0.418 e. The van der Waals surface area contributed by atoms with Crippen LogP contribution in [0.25, 0.3) is 33.7 Å². The molecule has 1 atom stereocenters. The normalized spacial score (nSPS) is 13.0. The first-order valence-electron chi connectivity index (χ1n) is 11.4. The zero-order valence-corrected chi connectivity index (χ0v) is 20.9. The minimum atomic E-state index is -4.53. The van der Waals surface area contributed by atoms with Gasteiger partial charge in [-0.05, 0) is 19.1 Å². The third-order valence-corrected chi connectivity index (χ3v) is 5.55. The van der Waals surface area contributed by atoms with Crippen LogP contribution in [0, 0.1) is 0 Å². The van der Waals surface area contributed by atoms with E-state index in [-0.39, 0.29) is 22.5 Å². The molecule has 4 N–H and O–H groups in total. The van der Waals surface area contributed by atoms with Crippen LogP contribution in [0.1, 0.15) is 39.1 Å². The van der Waals surface area contributed by atoms with Crippen LogP contribution in [0.5, 0.6) is 0 Å². The topological polar surface area (TPSA) is 134 Å². The van der Waals surface area contributed by atoms with Crippen molar-refractivity contribution in [1.29, 1.82) is 0 Å². The number of anilines is 1. The maximum absolute atomic E-state index is 13.5. The zero-order chi connectivity index (χ0) is 27.0. The van der Waals surface area contributed by atoms with Gasteiger partial charge in [-0.2, -0.15) is 13.2 Å². The van der Waals surface area contributed by atoms with Crippen LogP contribution in [-0.2, 0) is 16.3 Å². The Hall–Kier alpha value is -4.16. The number of nitrogens with zero attached hydrogens (tertiary/aromatic N) is 4. The number of aromatic nitrogens is 6. The molecule has 0 saturated heterocycles. The van der Waals surface area contributed by atoms with Gasteiger partial charge in [0.15, 0.2) is 0 Å². The number of rotatable bonds is 6.